The molecule has 6 nitrogen and oxygen atoms in total. The smallest absolute Gasteiger partial charge is 0.250 e. The molecule has 1 aromatic heterocycles. The van der Waals surface area contributed by atoms with Crippen molar-refractivity contribution in [3.8, 4) is 11.5 Å². The maximum Gasteiger partial charge on any atom is 0.250 e. The molecule has 9 heteroatoms. The number of thioether (sulfide) groups is 1. The van der Waals surface area contributed by atoms with Crippen LogP contribution in [0.1, 0.15) is 5.56 Å². The first-order valence-electron chi connectivity index (χ1n) is 7.82. The van der Waals surface area contributed by atoms with Crippen LogP contribution in [0.5, 0.6) is 11.5 Å². The molecule has 0 bridgehead atoms. The molecule has 0 aliphatic carbocycles. The Balaban J connectivity index is 1.57. The molecule has 27 heavy (non-hydrogen) atoms. The maximum absolute atomic E-state index is 12.0. The van der Waals surface area contributed by atoms with E-state index in [0.29, 0.717) is 22.1 Å². The lowest BCUT2D eigenvalue weighted by molar-refractivity contribution is -0.118. The van der Waals surface area contributed by atoms with Crippen LogP contribution >= 0.6 is 34.7 Å². The number of thiazole rings is 1. The van der Waals surface area contributed by atoms with Crippen molar-refractivity contribution in [2.45, 2.75) is 4.34 Å². The van der Waals surface area contributed by atoms with Gasteiger partial charge in [0.05, 0.1) is 41.4 Å². The minimum atomic E-state index is -0.230. The molecule has 0 saturated heterocycles. The first-order valence-corrected chi connectivity index (χ1v) is 10.0. The second kappa shape index (κ2) is 9.07. The van der Waals surface area contributed by atoms with E-state index in [9.17, 15) is 4.79 Å². The van der Waals surface area contributed by atoms with E-state index < -0.39 is 0 Å². The van der Waals surface area contributed by atoms with Gasteiger partial charge >= 0.3 is 0 Å². The number of amides is 1. The van der Waals surface area contributed by atoms with Gasteiger partial charge in [-0.25, -0.2) is 10.4 Å². The summed E-state index contributed by atoms with van der Waals surface area (Å²) in [5.41, 5.74) is 4.03. The molecule has 3 rings (SSSR count). The summed E-state index contributed by atoms with van der Waals surface area (Å²) in [5, 5.41) is 4.39. The normalized spacial score (nSPS) is 11.1. The van der Waals surface area contributed by atoms with Crippen LogP contribution in [0.3, 0.4) is 0 Å². The predicted octanol–water partition coefficient (Wildman–Crippen LogP) is 4.21. The van der Waals surface area contributed by atoms with Gasteiger partial charge in [-0.15, -0.1) is 11.3 Å². The quantitative estimate of drug-likeness (QED) is 0.351. The Morgan fingerprint density at radius 2 is 2.04 bits per heavy atom. The molecule has 140 valence electrons. The molecule has 0 aliphatic rings. The summed E-state index contributed by atoms with van der Waals surface area (Å²) in [7, 11) is 3.07. The van der Waals surface area contributed by atoms with E-state index in [1.807, 2.05) is 24.3 Å². The van der Waals surface area contributed by atoms with Crippen LogP contribution in [0.2, 0.25) is 5.02 Å². The number of benzene rings is 2. The van der Waals surface area contributed by atoms with Crippen molar-refractivity contribution in [2.75, 3.05) is 20.0 Å². The van der Waals surface area contributed by atoms with Crippen LogP contribution in [0, 0.1) is 0 Å². The number of carbonyl (C=O) groups is 1. The van der Waals surface area contributed by atoms with Crippen LogP contribution in [-0.4, -0.2) is 37.1 Å². The van der Waals surface area contributed by atoms with E-state index in [4.69, 9.17) is 21.1 Å². The summed E-state index contributed by atoms with van der Waals surface area (Å²) in [6.07, 6.45) is 1.46. The molecule has 0 unspecified atom stereocenters. The van der Waals surface area contributed by atoms with Crippen LogP contribution in [0.15, 0.2) is 45.8 Å². The molecule has 1 N–H and O–H groups in total. The number of fused-ring (bicyclic) bond motifs is 1. The van der Waals surface area contributed by atoms with Gasteiger partial charge in [0.15, 0.2) is 15.8 Å². The van der Waals surface area contributed by atoms with Crippen LogP contribution in [0.25, 0.3) is 10.2 Å². The number of methoxy groups -OCH3 is 2. The molecular weight excluding hydrogens is 406 g/mol. The Labute approximate surface area is 169 Å². The van der Waals surface area contributed by atoms with Gasteiger partial charge in [-0.05, 0) is 18.2 Å². The topological polar surface area (TPSA) is 72.8 Å². The molecule has 1 amide bonds. The third-order valence-corrected chi connectivity index (χ3v) is 6.00. The molecule has 0 atom stereocenters. The molecule has 2 aromatic carbocycles. The Morgan fingerprint density at radius 1 is 1.30 bits per heavy atom. The molecular formula is C18H16ClN3O3S2. The lowest BCUT2D eigenvalue weighted by Crippen LogP contribution is -2.19. The van der Waals surface area contributed by atoms with Crippen LogP contribution in [-0.2, 0) is 4.79 Å². The highest BCUT2D eigenvalue weighted by atomic mass is 35.5. The summed E-state index contributed by atoms with van der Waals surface area (Å²) < 4.78 is 12.4. The molecule has 0 aliphatic heterocycles. The summed E-state index contributed by atoms with van der Waals surface area (Å²) >= 11 is 9.12. The average Bonchev–Trinajstić information content (AvgIpc) is 3.10. The largest absolute Gasteiger partial charge is 0.493 e. The predicted molar refractivity (Wildman–Crippen MR) is 111 cm³/mol. The number of rotatable bonds is 7. The monoisotopic (exact) mass is 421 g/mol. The van der Waals surface area contributed by atoms with Crippen molar-refractivity contribution in [3.05, 3.63) is 47.0 Å². The fourth-order valence-corrected chi connectivity index (χ4v) is 4.28. The standard InChI is InChI=1S/C18H16ClN3O3S2/c1-24-14-7-11(12(19)8-15(14)25-2)9-20-22-17(23)10-26-18-21-13-5-3-4-6-16(13)27-18/h3-9H,10H2,1-2H3,(H,22,23)/b20-9-. The van der Waals surface area contributed by atoms with Gasteiger partial charge in [0.25, 0.3) is 5.91 Å². The SMILES string of the molecule is COc1cc(Cl)c(/C=N\NC(=O)CSc2nc3ccccc3s2)cc1OC. The lowest BCUT2D eigenvalue weighted by atomic mass is 10.2. The zero-order valence-corrected chi connectivity index (χ0v) is 17.0. The van der Waals surface area contributed by atoms with Crippen molar-refractivity contribution in [1.29, 1.82) is 0 Å². The van der Waals surface area contributed by atoms with Gasteiger partial charge in [0, 0.05) is 11.6 Å². The number of hydrazone groups is 1. The number of ether oxygens (including phenoxy) is 2. The Bertz CT molecular complexity index is 958. The molecule has 0 spiro atoms. The first kappa shape index (κ1) is 19.5. The van der Waals surface area contributed by atoms with Crippen LogP contribution in [0.4, 0.5) is 0 Å². The van der Waals surface area contributed by atoms with Crippen molar-refractivity contribution >= 4 is 57.0 Å². The summed E-state index contributed by atoms with van der Waals surface area (Å²) in [5.74, 6) is 1.04. The number of halogens is 1. The van der Waals surface area contributed by atoms with Gasteiger partial charge in [-0.1, -0.05) is 35.5 Å². The van der Waals surface area contributed by atoms with Crippen LogP contribution < -0.4 is 14.9 Å². The van der Waals surface area contributed by atoms with Crippen molar-refractivity contribution < 1.29 is 14.3 Å². The van der Waals surface area contributed by atoms with E-state index >= 15 is 0 Å². The van der Waals surface area contributed by atoms with E-state index in [-0.39, 0.29) is 11.7 Å². The van der Waals surface area contributed by atoms with Crippen molar-refractivity contribution in [1.82, 2.24) is 10.4 Å². The number of carbonyl (C=O) groups excluding carboxylic acids is 1. The van der Waals surface area contributed by atoms with E-state index in [2.05, 4.69) is 15.5 Å². The third-order valence-electron chi connectivity index (χ3n) is 3.50. The van der Waals surface area contributed by atoms with Gasteiger partial charge < -0.3 is 9.47 Å². The number of aromatic nitrogens is 1. The Kier molecular flexibility index (Phi) is 6.54. The zero-order valence-electron chi connectivity index (χ0n) is 14.6. The fraction of sp³-hybridized carbons (Fsp3) is 0.167. The highest BCUT2D eigenvalue weighted by molar-refractivity contribution is 8.01. The molecule has 0 radical (unpaired) electrons. The number of nitrogens with zero attached hydrogens (tertiary/aromatic N) is 2. The number of hydrogen-bond acceptors (Lipinski definition) is 7. The van der Waals surface area contributed by atoms with Gasteiger partial charge in [0.2, 0.25) is 0 Å². The second-order valence-electron chi connectivity index (χ2n) is 5.26. The molecule has 1 heterocycles. The summed E-state index contributed by atoms with van der Waals surface area (Å²) in [6, 6.07) is 11.2. The molecule has 3 aromatic rings. The second-order valence-corrected chi connectivity index (χ2v) is 7.92. The first-order chi connectivity index (χ1) is 13.1. The minimum Gasteiger partial charge on any atom is -0.493 e. The van der Waals surface area contributed by atoms with Gasteiger partial charge in [0.1, 0.15) is 0 Å². The van der Waals surface area contributed by atoms with E-state index in [1.54, 1.807) is 23.5 Å². The van der Waals surface area contributed by atoms with Crippen molar-refractivity contribution in [3.63, 3.8) is 0 Å². The zero-order chi connectivity index (χ0) is 19.2. The highest BCUT2D eigenvalue weighted by Gasteiger charge is 2.09. The number of nitrogens with one attached hydrogen (secondary N) is 1. The number of hydrogen-bond donors (Lipinski definition) is 1. The maximum atomic E-state index is 12.0. The Morgan fingerprint density at radius 3 is 2.78 bits per heavy atom. The third kappa shape index (κ3) is 4.91. The van der Waals surface area contributed by atoms with E-state index in [1.165, 1.54) is 32.2 Å². The van der Waals surface area contributed by atoms with Gasteiger partial charge in [-0.2, -0.15) is 5.10 Å². The van der Waals surface area contributed by atoms with Gasteiger partial charge in [-0.3, -0.25) is 4.79 Å². The Hall–Kier alpha value is -2.29. The number of para-hydroxylation sites is 1. The fourth-order valence-electron chi connectivity index (χ4n) is 2.22. The van der Waals surface area contributed by atoms with Crippen molar-refractivity contribution in [2.24, 2.45) is 5.10 Å². The van der Waals surface area contributed by atoms with E-state index in [0.717, 1.165) is 14.6 Å². The minimum absolute atomic E-state index is 0.219. The average molecular weight is 422 g/mol. The summed E-state index contributed by atoms with van der Waals surface area (Å²) in [4.78, 5) is 16.5. The lowest BCUT2D eigenvalue weighted by Gasteiger charge is -2.09. The molecule has 0 fully saturated rings. The highest BCUT2D eigenvalue weighted by Crippen LogP contribution is 2.32. The molecule has 0 saturated carbocycles. The summed E-state index contributed by atoms with van der Waals surface area (Å²) in [6.45, 7) is 0.